The summed E-state index contributed by atoms with van der Waals surface area (Å²) in [6.07, 6.45) is 0. The first-order chi connectivity index (χ1) is 11.4. The third-order valence-electron chi connectivity index (χ3n) is 3.05. The summed E-state index contributed by atoms with van der Waals surface area (Å²) in [6, 6.07) is 8.76. The van der Waals surface area contributed by atoms with Crippen molar-refractivity contribution in [2.24, 2.45) is 0 Å². The SMILES string of the molecule is Nc1ccc(OCC(=O)O)c(C(=O)NCc2ccc(Br)cc2F)c1. The van der Waals surface area contributed by atoms with Crippen molar-refractivity contribution in [3.05, 3.63) is 57.8 Å². The monoisotopic (exact) mass is 396 g/mol. The minimum absolute atomic E-state index is 0.0366. The molecule has 8 heteroatoms. The van der Waals surface area contributed by atoms with Gasteiger partial charge in [-0.1, -0.05) is 22.0 Å². The molecule has 1 amide bonds. The lowest BCUT2D eigenvalue weighted by Crippen LogP contribution is -2.24. The molecule has 0 fully saturated rings. The van der Waals surface area contributed by atoms with E-state index in [1.54, 1.807) is 12.1 Å². The minimum atomic E-state index is -1.17. The van der Waals surface area contributed by atoms with Crippen molar-refractivity contribution in [2.45, 2.75) is 6.54 Å². The molecule has 0 aliphatic heterocycles. The van der Waals surface area contributed by atoms with E-state index in [9.17, 15) is 14.0 Å². The van der Waals surface area contributed by atoms with Crippen molar-refractivity contribution < 1.29 is 23.8 Å². The Labute approximate surface area is 145 Å². The number of carbonyl (C=O) groups excluding carboxylic acids is 1. The van der Waals surface area contributed by atoms with Crippen LogP contribution in [0.5, 0.6) is 5.75 Å². The molecule has 0 aliphatic rings. The van der Waals surface area contributed by atoms with E-state index < -0.39 is 24.3 Å². The summed E-state index contributed by atoms with van der Waals surface area (Å²) in [5, 5.41) is 11.2. The second-order valence-electron chi connectivity index (χ2n) is 4.86. The van der Waals surface area contributed by atoms with Crippen LogP contribution >= 0.6 is 15.9 Å². The molecule has 0 aliphatic carbocycles. The molecular formula is C16H14BrFN2O4. The number of nitrogens with one attached hydrogen (secondary N) is 1. The summed E-state index contributed by atoms with van der Waals surface area (Å²) >= 11 is 3.15. The molecule has 126 valence electrons. The van der Waals surface area contributed by atoms with Crippen molar-refractivity contribution in [1.82, 2.24) is 5.32 Å². The average molecular weight is 397 g/mol. The number of carbonyl (C=O) groups is 2. The standard InChI is InChI=1S/C16H14BrFN2O4/c17-10-2-1-9(13(18)5-10)7-20-16(23)12-6-11(19)3-4-14(12)24-8-15(21)22/h1-6H,7-8,19H2,(H,20,23)(H,21,22). The predicted molar refractivity (Wildman–Crippen MR) is 89.3 cm³/mol. The second kappa shape index (κ2) is 7.78. The van der Waals surface area contributed by atoms with E-state index in [1.807, 2.05) is 0 Å². The maximum atomic E-state index is 13.8. The van der Waals surface area contributed by atoms with E-state index >= 15 is 0 Å². The number of anilines is 1. The Hall–Kier alpha value is -2.61. The van der Waals surface area contributed by atoms with Crippen molar-refractivity contribution in [1.29, 1.82) is 0 Å². The van der Waals surface area contributed by atoms with Gasteiger partial charge in [0.05, 0.1) is 5.56 Å². The summed E-state index contributed by atoms with van der Waals surface area (Å²) in [5.74, 6) is -2.10. The zero-order valence-electron chi connectivity index (χ0n) is 12.4. The summed E-state index contributed by atoms with van der Waals surface area (Å²) in [5.41, 5.74) is 6.36. The Kier molecular flexibility index (Phi) is 5.75. The van der Waals surface area contributed by atoms with E-state index in [1.165, 1.54) is 24.3 Å². The van der Waals surface area contributed by atoms with E-state index in [4.69, 9.17) is 15.6 Å². The average Bonchev–Trinajstić information content (AvgIpc) is 2.52. The van der Waals surface area contributed by atoms with Crippen molar-refractivity contribution in [3.8, 4) is 5.75 Å². The molecule has 0 unspecified atom stereocenters. The van der Waals surface area contributed by atoms with Gasteiger partial charge in [0.2, 0.25) is 0 Å². The highest BCUT2D eigenvalue weighted by atomic mass is 79.9. The Balaban J connectivity index is 2.13. The number of halogens is 2. The highest BCUT2D eigenvalue weighted by Gasteiger charge is 2.15. The van der Waals surface area contributed by atoms with Gasteiger partial charge in [-0.3, -0.25) is 4.79 Å². The largest absolute Gasteiger partial charge is 0.481 e. The van der Waals surface area contributed by atoms with Crippen molar-refractivity contribution >= 4 is 33.5 Å². The lowest BCUT2D eigenvalue weighted by Gasteiger charge is -2.12. The third kappa shape index (κ3) is 4.69. The Bertz CT molecular complexity index is 783. The molecule has 24 heavy (non-hydrogen) atoms. The minimum Gasteiger partial charge on any atom is -0.481 e. The molecule has 0 aromatic heterocycles. The third-order valence-corrected chi connectivity index (χ3v) is 3.55. The number of rotatable bonds is 6. The zero-order chi connectivity index (χ0) is 17.7. The maximum Gasteiger partial charge on any atom is 0.341 e. The number of nitrogens with two attached hydrogens (primary N) is 1. The molecule has 6 nitrogen and oxygen atoms in total. The summed E-state index contributed by atoms with van der Waals surface area (Å²) in [6.45, 7) is -0.628. The number of hydrogen-bond donors (Lipinski definition) is 3. The van der Waals surface area contributed by atoms with Crippen LogP contribution in [0.25, 0.3) is 0 Å². The van der Waals surface area contributed by atoms with E-state index in [0.29, 0.717) is 15.7 Å². The molecular weight excluding hydrogens is 383 g/mol. The van der Waals surface area contributed by atoms with Gasteiger partial charge < -0.3 is 20.9 Å². The van der Waals surface area contributed by atoms with Gasteiger partial charge in [0.1, 0.15) is 11.6 Å². The molecule has 0 heterocycles. The van der Waals surface area contributed by atoms with Crippen LogP contribution in [0.1, 0.15) is 15.9 Å². The molecule has 0 saturated heterocycles. The molecule has 0 saturated carbocycles. The number of amides is 1. The van der Waals surface area contributed by atoms with Crippen LogP contribution in [0.15, 0.2) is 40.9 Å². The van der Waals surface area contributed by atoms with E-state index in [0.717, 1.165) is 0 Å². The molecule has 2 aromatic carbocycles. The summed E-state index contributed by atoms with van der Waals surface area (Å²) in [7, 11) is 0. The molecule has 0 bridgehead atoms. The highest BCUT2D eigenvalue weighted by molar-refractivity contribution is 9.10. The Morgan fingerprint density at radius 3 is 2.67 bits per heavy atom. The van der Waals surface area contributed by atoms with Gasteiger partial charge in [0.25, 0.3) is 5.91 Å². The first-order valence-electron chi connectivity index (χ1n) is 6.83. The fourth-order valence-corrected chi connectivity index (χ4v) is 2.26. The molecule has 0 spiro atoms. The molecule has 2 rings (SSSR count). The molecule has 4 N–H and O–H groups in total. The van der Waals surface area contributed by atoms with Gasteiger partial charge in [0, 0.05) is 22.3 Å². The van der Waals surface area contributed by atoms with Crippen LogP contribution in [0.4, 0.5) is 10.1 Å². The van der Waals surface area contributed by atoms with Crippen LogP contribution in [-0.2, 0) is 11.3 Å². The molecule has 0 radical (unpaired) electrons. The first-order valence-corrected chi connectivity index (χ1v) is 7.62. The fourth-order valence-electron chi connectivity index (χ4n) is 1.93. The van der Waals surface area contributed by atoms with Crippen LogP contribution in [-0.4, -0.2) is 23.6 Å². The van der Waals surface area contributed by atoms with Gasteiger partial charge in [-0.2, -0.15) is 0 Å². The van der Waals surface area contributed by atoms with Gasteiger partial charge in [-0.05, 0) is 30.3 Å². The molecule has 2 aromatic rings. The van der Waals surface area contributed by atoms with Crippen molar-refractivity contribution in [2.75, 3.05) is 12.3 Å². The topological polar surface area (TPSA) is 102 Å². The number of hydrogen-bond acceptors (Lipinski definition) is 4. The number of nitrogen functional groups attached to an aromatic ring is 1. The fraction of sp³-hybridized carbons (Fsp3) is 0.125. The predicted octanol–water partition coefficient (Wildman–Crippen LogP) is 2.56. The normalized spacial score (nSPS) is 10.2. The lowest BCUT2D eigenvalue weighted by atomic mass is 10.1. The number of carboxylic acids is 1. The van der Waals surface area contributed by atoms with E-state index in [2.05, 4.69) is 21.2 Å². The number of carboxylic acid groups (broad SMARTS) is 1. The van der Waals surface area contributed by atoms with Gasteiger partial charge in [-0.15, -0.1) is 0 Å². The van der Waals surface area contributed by atoms with Crippen LogP contribution in [0.2, 0.25) is 0 Å². The van der Waals surface area contributed by atoms with Crippen LogP contribution in [0, 0.1) is 5.82 Å². The zero-order valence-corrected chi connectivity index (χ0v) is 14.0. The Morgan fingerprint density at radius 2 is 2.00 bits per heavy atom. The van der Waals surface area contributed by atoms with Crippen molar-refractivity contribution in [3.63, 3.8) is 0 Å². The molecule has 0 atom stereocenters. The smallest absolute Gasteiger partial charge is 0.341 e. The van der Waals surface area contributed by atoms with Gasteiger partial charge >= 0.3 is 5.97 Å². The van der Waals surface area contributed by atoms with Gasteiger partial charge in [-0.25, -0.2) is 9.18 Å². The number of benzene rings is 2. The highest BCUT2D eigenvalue weighted by Crippen LogP contribution is 2.22. The van der Waals surface area contributed by atoms with Gasteiger partial charge in [0.15, 0.2) is 6.61 Å². The first kappa shape index (κ1) is 17.7. The maximum absolute atomic E-state index is 13.8. The number of aliphatic carboxylic acids is 1. The quantitative estimate of drug-likeness (QED) is 0.651. The van der Waals surface area contributed by atoms with E-state index in [-0.39, 0.29) is 17.9 Å². The second-order valence-corrected chi connectivity index (χ2v) is 5.77. The summed E-state index contributed by atoms with van der Waals surface area (Å²) in [4.78, 5) is 22.9. The Morgan fingerprint density at radius 1 is 1.25 bits per heavy atom. The van der Waals surface area contributed by atoms with Crippen LogP contribution in [0.3, 0.4) is 0 Å². The number of ether oxygens (including phenoxy) is 1. The summed E-state index contributed by atoms with van der Waals surface area (Å²) < 4.78 is 19.4. The lowest BCUT2D eigenvalue weighted by molar-refractivity contribution is -0.139. The van der Waals surface area contributed by atoms with Crippen LogP contribution < -0.4 is 15.8 Å².